The molecule has 2 fully saturated rings. The lowest BCUT2D eigenvalue weighted by Gasteiger charge is -2.35. The minimum atomic E-state index is 0.366. The van der Waals surface area contributed by atoms with Crippen LogP contribution >= 0.6 is 0 Å². The highest BCUT2D eigenvalue weighted by Gasteiger charge is 2.42. The second-order valence-electron chi connectivity index (χ2n) is 8.27. The fourth-order valence-electron chi connectivity index (χ4n) is 4.23. The third-order valence-corrected chi connectivity index (χ3v) is 5.63. The van der Waals surface area contributed by atoms with Gasteiger partial charge in [-0.2, -0.15) is 0 Å². The lowest BCUT2D eigenvalue weighted by Crippen LogP contribution is -2.42. The van der Waals surface area contributed by atoms with Gasteiger partial charge < -0.3 is 5.01 Å². The molecular weight excluding hydrogens is 256 g/mol. The van der Waals surface area contributed by atoms with Gasteiger partial charge >= 0.3 is 0 Å². The summed E-state index contributed by atoms with van der Waals surface area (Å²) in [6, 6.07) is 0.641. The monoisotopic (exact) mass is 292 g/mol. The van der Waals surface area contributed by atoms with E-state index >= 15 is 0 Å². The van der Waals surface area contributed by atoms with Crippen molar-refractivity contribution in [3.05, 3.63) is 12.8 Å². The molecule has 2 nitrogen and oxygen atoms in total. The molecule has 1 saturated carbocycles. The van der Waals surface area contributed by atoms with Crippen LogP contribution in [-0.4, -0.2) is 17.6 Å². The predicted octanol–water partition coefficient (Wildman–Crippen LogP) is 5.12. The summed E-state index contributed by atoms with van der Waals surface area (Å²) in [6.07, 6.45) is 14.9. The molecular formula is C19H36N2. The Balaban J connectivity index is 2.05. The minimum absolute atomic E-state index is 0.366. The zero-order chi connectivity index (χ0) is 15.3. The van der Waals surface area contributed by atoms with Crippen LogP contribution in [0.15, 0.2) is 12.8 Å². The highest BCUT2D eigenvalue weighted by molar-refractivity contribution is 4.96. The van der Waals surface area contributed by atoms with Gasteiger partial charge in [0.25, 0.3) is 0 Å². The Labute approximate surface area is 132 Å². The summed E-state index contributed by atoms with van der Waals surface area (Å²) in [5.74, 6) is 1.57. The van der Waals surface area contributed by atoms with Crippen LogP contribution in [0.4, 0.5) is 0 Å². The predicted molar refractivity (Wildman–Crippen MR) is 91.8 cm³/mol. The van der Waals surface area contributed by atoms with Crippen molar-refractivity contribution < 1.29 is 0 Å². The molecule has 1 unspecified atom stereocenters. The standard InChI is InChI=1S/C19H36N2/c1-5-21-15-17(19(2,3)4)18(20-21)16-13-11-9-7-6-8-10-12-14-16/h5,16-18,20H,1,6-15H2,2-4H3/t17-,18?/m0/s1. The van der Waals surface area contributed by atoms with E-state index in [-0.39, 0.29) is 0 Å². The van der Waals surface area contributed by atoms with Gasteiger partial charge in [0.15, 0.2) is 0 Å². The van der Waals surface area contributed by atoms with Gasteiger partial charge in [0.2, 0.25) is 0 Å². The topological polar surface area (TPSA) is 15.3 Å². The van der Waals surface area contributed by atoms with E-state index in [1.165, 1.54) is 57.8 Å². The number of nitrogens with one attached hydrogen (secondary N) is 1. The van der Waals surface area contributed by atoms with E-state index in [9.17, 15) is 0 Å². The Morgan fingerprint density at radius 1 is 0.952 bits per heavy atom. The van der Waals surface area contributed by atoms with E-state index in [0.29, 0.717) is 11.5 Å². The van der Waals surface area contributed by atoms with E-state index in [1.54, 1.807) is 0 Å². The van der Waals surface area contributed by atoms with Gasteiger partial charge in [0.1, 0.15) is 0 Å². The molecule has 0 radical (unpaired) electrons. The number of hydrazine groups is 1. The van der Waals surface area contributed by atoms with E-state index in [2.05, 4.69) is 37.8 Å². The summed E-state index contributed by atoms with van der Waals surface area (Å²) in [7, 11) is 0. The van der Waals surface area contributed by atoms with Crippen LogP contribution in [0.5, 0.6) is 0 Å². The van der Waals surface area contributed by atoms with E-state index in [1.807, 2.05) is 6.20 Å². The van der Waals surface area contributed by atoms with Crippen molar-refractivity contribution in [2.75, 3.05) is 6.54 Å². The molecule has 0 spiro atoms. The van der Waals surface area contributed by atoms with Gasteiger partial charge in [-0.25, -0.2) is 5.43 Å². The van der Waals surface area contributed by atoms with Gasteiger partial charge in [-0.05, 0) is 24.2 Å². The molecule has 1 aliphatic carbocycles. The second kappa shape index (κ2) is 7.67. The highest BCUT2D eigenvalue weighted by atomic mass is 15.5. The Kier molecular flexibility index (Phi) is 6.16. The molecule has 1 saturated heterocycles. The molecule has 0 aromatic rings. The number of hydrogen-bond acceptors (Lipinski definition) is 2. The first-order valence-electron chi connectivity index (χ1n) is 9.18. The normalized spacial score (nSPS) is 30.3. The Hall–Kier alpha value is -0.500. The van der Waals surface area contributed by atoms with E-state index in [0.717, 1.165) is 18.4 Å². The van der Waals surface area contributed by atoms with Crippen LogP contribution in [0.2, 0.25) is 0 Å². The van der Waals surface area contributed by atoms with Crippen LogP contribution in [-0.2, 0) is 0 Å². The molecule has 1 heterocycles. The van der Waals surface area contributed by atoms with Crippen LogP contribution < -0.4 is 5.43 Å². The van der Waals surface area contributed by atoms with Gasteiger partial charge in [-0.1, -0.05) is 72.3 Å². The van der Waals surface area contributed by atoms with Crippen molar-refractivity contribution in [2.24, 2.45) is 17.3 Å². The molecule has 2 aliphatic rings. The van der Waals surface area contributed by atoms with Crippen LogP contribution in [0, 0.1) is 17.3 Å². The molecule has 1 aliphatic heterocycles. The first-order chi connectivity index (χ1) is 10.0. The van der Waals surface area contributed by atoms with Crippen molar-refractivity contribution in [1.82, 2.24) is 10.4 Å². The lowest BCUT2D eigenvalue weighted by molar-refractivity contribution is 0.170. The van der Waals surface area contributed by atoms with Crippen molar-refractivity contribution in [1.29, 1.82) is 0 Å². The van der Waals surface area contributed by atoms with E-state index in [4.69, 9.17) is 0 Å². The molecule has 0 aromatic heterocycles. The number of nitrogens with zero attached hydrogens (tertiary/aromatic N) is 1. The Morgan fingerprint density at radius 2 is 1.48 bits per heavy atom. The largest absolute Gasteiger partial charge is 0.316 e. The Bertz CT molecular complexity index is 308. The maximum atomic E-state index is 3.96. The number of rotatable bonds is 2. The highest BCUT2D eigenvalue weighted by Crippen LogP contribution is 2.39. The zero-order valence-electron chi connectivity index (χ0n) is 14.5. The smallest absolute Gasteiger partial charge is 0.0386 e. The fraction of sp³-hybridized carbons (Fsp3) is 0.895. The lowest BCUT2D eigenvalue weighted by atomic mass is 9.71. The fourth-order valence-corrected chi connectivity index (χ4v) is 4.23. The minimum Gasteiger partial charge on any atom is -0.316 e. The summed E-state index contributed by atoms with van der Waals surface area (Å²) in [5, 5.41) is 2.24. The second-order valence-corrected chi connectivity index (χ2v) is 8.27. The first kappa shape index (κ1) is 16.9. The van der Waals surface area contributed by atoms with Crippen molar-refractivity contribution in [3.63, 3.8) is 0 Å². The molecule has 1 N–H and O–H groups in total. The molecule has 2 heteroatoms. The quantitative estimate of drug-likeness (QED) is 0.759. The summed E-state index contributed by atoms with van der Waals surface area (Å²) in [6.45, 7) is 12.3. The maximum absolute atomic E-state index is 3.96. The average Bonchev–Trinajstić information content (AvgIpc) is 2.89. The van der Waals surface area contributed by atoms with Crippen LogP contribution in [0.25, 0.3) is 0 Å². The molecule has 2 rings (SSSR count). The summed E-state index contributed by atoms with van der Waals surface area (Å²) in [4.78, 5) is 0. The summed E-state index contributed by atoms with van der Waals surface area (Å²) >= 11 is 0. The molecule has 0 aromatic carbocycles. The molecule has 0 amide bonds. The van der Waals surface area contributed by atoms with Crippen LogP contribution in [0.1, 0.15) is 78.6 Å². The van der Waals surface area contributed by atoms with Gasteiger partial charge in [-0.3, -0.25) is 0 Å². The maximum Gasteiger partial charge on any atom is 0.0386 e. The van der Waals surface area contributed by atoms with Gasteiger partial charge in [0.05, 0.1) is 0 Å². The van der Waals surface area contributed by atoms with Gasteiger partial charge in [-0.15, -0.1) is 0 Å². The molecule has 21 heavy (non-hydrogen) atoms. The van der Waals surface area contributed by atoms with Gasteiger partial charge in [0, 0.05) is 24.7 Å². The first-order valence-corrected chi connectivity index (χ1v) is 9.18. The van der Waals surface area contributed by atoms with Crippen molar-refractivity contribution in [2.45, 2.75) is 84.6 Å². The third kappa shape index (κ3) is 4.74. The van der Waals surface area contributed by atoms with E-state index < -0.39 is 0 Å². The number of hydrogen-bond donors (Lipinski definition) is 1. The summed E-state index contributed by atoms with van der Waals surface area (Å²) < 4.78 is 0. The SMILES string of the molecule is C=CN1C[C@H](C(C)(C)C)C(C2CCCCCCCCC2)N1. The molecule has 0 bridgehead atoms. The molecule has 122 valence electrons. The molecule has 2 atom stereocenters. The summed E-state index contributed by atoms with van der Waals surface area (Å²) in [5.41, 5.74) is 4.13. The average molecular weight is 293 g/mol. The zero-order valence-corrected chi connectivity index (χ0v) is 14.5. The Morgan fingerprint density at radius 3 is 1.95 bits per heavy atom. The van der Waals surface area contributed by atoms with Crippen molar-refractivity contribution in [3.8, 4) is 0 Å². The third-order valence-electron chi connectivity index (χ3n) is 5.63. The van der Waals surface area contributed by atoms with Crippen molar-refractivity contribution >= 4 is 0 Å². The van der Waals surface area contributed by atoms with Crippen LogP contribution in [0.3, 0.4) is 0 Å².